The van der Waals surface area contributed by atoms with Gasteiger partial charge in [-0.2, -0.15) is 9.37 Å². The zero-order valence-corrected chi connectivity index (χ0v) is 17.4. The number of hydrogen-bond donors (Lipinski definition) is 1. The smallest absolute Gasteiger partial charge is 0.273 e. The van der Waals surface area contributed by atoms with Crippen molar-refractivity contribution in [2.45, 2.75) is 12.8 Å². The second-order valence-electron chi connectivity index (χ2n) is 7.19. The molecule has 3 aromatic rings. The molecule has 2 aromatic carbocycles. The molecule has 2 heterocycles. The molecule has 170 valence electrons. The molecule has 1 aliphatic heterocycles. The summed E-state index contributed by atoms with van der Waals surface area (Å²) < 4.78 is 25.3. The molecule has 0 aliphatic carbocycles. The Morgan fingerprint density at radius 1 is 1.18 bits per heavy atom. The van der Waals surface area contributed by atoms with Crippen molar-refractivity contribution in [1.82, 2.24) is 14.9 Å². The molecule has 0 radical (unpaired) electrons. The molecule has 1 aliphatic rings. The van der Waals surface area contributed by atoms with Crippen LogP contribution in [0.2, 0.25) is 0 Å². The summed E-state index contributed by atoms with van der Waals surface area (Å²) >= 11 is 0. The molecule has 11 heteroatoms. The maximum absolute atomic E-state index is 14.2. The van der Waals surface area contributed by atoms with Gasteiger partial charge in [-0.15, -0.1) is 0 Å². The highest BCUT2D eigenvalue weighted by Gasteiger charge is 2.19. The average Bonchev–Trinajstić information content (AvgIpc) is 3.21. The van der Waals surface area contributed by atoms with E-state index in [0.717, 1.165) is 19.2 Å². The van der Waals surface area contributed by atoms with Gasteiger partial charge in [0.15, 0.2) is 0 Å². The van der Waals surface area contributed by atoms with Gasteiger partial charge in [-0.3, -0.25) is 14.9 Å². The third kappa shape index (κ3) is 5.70. The normalized spacial score (nSPS) is 13.1. The van der Waals surface area contributed by atoms with E-state index >= 15 is 0 Å². The molecule has 0 bridgehead atoms. The number of benzene rings is 2. The lowest BCUT2D eigenvalue weighted by molar-refractivity contribution is -0.384. The Kier molecular flexibility index (Phi) is 6.58. The van der Waals surface area contributed by atoms with E-state index in [1.54, 1.807) is 29.2 Å². The van der Waals surface area contributed by atoms with Crippen molar-refractivity contribution in [2.75, 3.05) is 25.0 Å². The van der Waals surface area contributed by atoms with Gasteiger partial charge in [0, 0.05) is 30.8 Å². The molecule has 1 saturated heterocycles. The van der Waals surface area contributed by atoms with Crippen LogP contribution in [0.15, 0.2) is 54.7 Å². The molecule has 10 nitrogen and oxygen atoms in total. The largest absolute Gasteiger partial charge is 0.492 e. The molecule has 1 N–H and O–H groups in total. The number of ether oxygens (including phenoxy) is 2. The topological polar surface area (TPSA) is 120 Å². The number of anilines is 2. The van der Waals surface area contributed by atoms with E-state index in [4.69, 9.17) is 9.47 Å². The van der Waals surface area contributed by atoms with Crippen LogP contribution in [0.4, 0.5) is 21.7 Å². The van der Waals surface area contributed by atoms with Gasteiger partial charge in [0.25, 0.3) is 11.6 Å². The number of nitrogens with zero attached hydrogens (tertiary/aromatic N) is 4. The van der Waals surface area contributed by atoms with E-state index in [1.165, 1.54) is 24.3 Å². The lowest BCUT2D eigenvalue weighted by atomic mass is 10.3. The molecule has 1 amide bonds. The average molecular weight is 453 g/mol. The van der Waals surface area contributed by atoms with Crippen LogP contribution in [0.5, 0.6) is 17.4 Å². The quantitative estimate of drug-likeness (QED) is 0.380. The number of nitrogens with one attached hydrogen (secondary N) is 1. The van der Waals surface area contributed by atoms with Crippen LogP contribution in [0, 0.1) is 15.9 Å². The Labute approximate surface area is 188 Å². The number of amides is 1. The lowest BCUT2D eigenvalue weighted by Gasteiger charge is -2.16. The first-order valence-electron chi connectivity index (χ1n) is 10.2. The van der Waals surface area contributed by atoms with E-state index in [1.807, 2.05) is 0 Å². The van der Waals surface area contributed by atoms with Gasteiger partial charge in [0.2, 0.25) is 17.7 Å². The van der Waals surface area contributed by atoms with Crippen molar-refractivity contribution in [3.8, 4) is 17.4 Å². The van der Waals surface area contributed by atoms with E-state index < -0.39 is 10.7 Å². The minimum Gasteiger partial charge on any atom is -0.492 e. The first kappa shape index (κ1) is 21.9. The number of rotatable bonds is 9. The minimum absolute atomic E-state index is 0.0663. The molecule has 0 unspecified atom stereocenters. The molecule has 33 heavy (non-hydrogen) atoms. The number of halogens is 1. The van der Waals surface area contributed by atoms with Gasteiger partial charge in [0.1, 0.15) is 18.1 Å². The van der Waals surface area contributed by atoms with Crippen molar-refractivity contribution in [3.63, 3.8) is 0 Å². The van der Waals surface area contributed by atoms with E-state index in [2.05, 4.69) is 15.3 Å². The molecular weight excluding hydrogens is 433 g/mol. The zero-order valence-electron chi connectivity index (χ0n) is 17.4. The Morgan fingerprint density at radius 2 is 2.00 bits per heavy atom. The molecule has 4 rings (SSSR count). The number of carbonyl (C=O) groups excluding carboxylic acids is 1. The summed E-state index contributed by atoms with van der Waals surface area (Å²) in [6.07, 6.45) is 2.40. The predicted octanol–water partition coefficient (Wildman–Crippen LogP) is 4.06. The minimum atomic E-state index is -0.819. The fourth-order valence-corrected chi connectivity index (χ4v) is 3.26. The second-order valence-corrected chi connectivity index (χ2v) is 7.19. The predicted molar refractivity (Wildman–Crippen MR) is 116 cm³/mol. The third-order valence-corrected chi connectivity index (χ3v) is 4.85. The lowest BCUT2D eigenvalue weighted by Crippen LogP contribution is -2.29. The number of hydrogen-bond acceptors (Lipinski definition) is 8. The van der Waals surface area contributed by atoms with Gasteiger partial charge in [-0.1, -0.05) is 12.1 Å². The summed E-state index contributed by atoms with van der Waals surface area (Å²) in [5.74, 6) is -0.333. The summed E-state index contributed by atoms with van der Waals surface area (Å²) in [6, 6.07) is 12.4. The Bertz CT molecular complexity index is 1180. The molecule has 0 saturated carbocycles. The Hall–Kier alpha value is -4.28. The van der Waals surface area contributed by atoms with Crippen molar-refractivity contribution < 1.29 is 23.6 Å². The van der Waals surface area contributed by atoms with Gasteiger partial charge in [0.05, 0.1) is 23.7 Å². The van der Waals surface area contributed by atoms with Crippen molar-refractivity contribution in [3.05, 3.63) is 70.7 Å². The Balaban J connectivity index is 1.40. The van der Waals surface area contributed by atoms with Crippen LogP contribution in [0.3, 0.4) is 0 Å². The van der Waals surface area contributed by atoms with E-state index in [-0.39, 0.29) is 29.2 Å². The van der Waals surface area contributed by atoms with Gasteiger partial charge in [-0.25, -0.2) is 4.98 Å². The maximum Gasteiger partial charge on any atom is 0.273 e. The summed E-state index contributed by atoms with van der Waals surface area (Å²) in [7, 11) is 0. The van der Waals surface area contributed by atoms with Gasteiger partial charge in [-0.05, 0) is 24.6 Å². The molecule has 1 fully saturated rings. The standard InChI is InChI=1S/C22H20FN5O5/c23-19-14-24-22(26-21(19)33-18-7-2-5-16(13-18)28(30)31)25-15-4-1-6-17(12-15)32-11-10-27-9-3-8-20(27)29/h1-2,4-7,12-14H,3,8-11H2,(H,24,25,26). The SMILES string of the molecule is O=C1CCCN1CCOc1cccc(Nc2ncc(F)c(Oc3cccc([N+](=O)[O-])c3)n2)c1. The Morgan fingerprint density at radius 3 is 2.79 bits per heavy atom. The highest BCUT2D eigenvalue weighted by Crippen LogP contribution is 2.27. The number of aromatic nitrogens is 2. The van der Waals surface area contributed by atoms with Crippen molar-refractivity contribution >= 4 is 23.2 Å². The first-order chi connectivity index (χ1) is 16.0. The van der Waals surface area contributed by atoms with Crippen LogP contribution in [-0.2, 0) is 4.79 Å². The summed E-state index contributed by atoms with van der Waals surface area (Å²) in [6.45, 7) is 1.64. The molecule has 0 atom stereocenters. The van der Waals surface area contributed by atoms with Crippen LogP contribution in [0.1, 0.15) is 12.8 Å². The van der Waals surface area contributed by atoms with Crippen LogP contribution < -0.4 is 14.8 Å². The van der Waals surface area contributed by atoms with Crippen molar-refractivity contribution in [2.24, 2.45) is 0 Å². The van der Waals surface area contributed by atoms with Crippen molar-refractivity contribution in [1.29, 1.82) is 0 Å². The highest BCUT2D eigenvalue weighted by atomic mass is 19.1. The summed E-state index contributed by atoms with van der Waals surface area (Å²) in [4.78, 5) is 31.7. The molecule has 1 aromatic heterocycles. The molecular formula is C22H20FN5O5. The third-order valence-electron chi connectivity index (χ3n) is 4.85. The number of likely N-dealkylation sites (tertiary alicyclic amines) is 1. The van der Waals surface area contributed by atoms with E-state index in [0.29, 0.717) is 31.0 Å². The molecule has 0 spiro atoms. The first-order valence-corrected chi connectivity index (χ1v) is 10.2. The van der Waals surface area contributed by atoms with Crippen LogP contribution in [-0.4, -0.2) is 45.4 Å². The monoisotopic (exact) mass is 453 g/mol. The fraction of sp³-hybridized carbons (Fsp3) is 0.227. The summed E-state index contributed by atoms with van der Waals surface area (Å²) in [5.41, 5.74) is 0.406. The maximum atomic E-state index is 14.2. The number of carbonyl (C=O) groups is 1. The fourth-order valence-electron chi connectivity index (χ4n) is 3.26. The van der Waals surface area contributed by atoms with Crippen LogP contribution in [0.25, 0.3) is 0 Å². The number of non-ortho nitro benzene ring substituents is 1. The number of nitro groups is 1. The zero-order chi connectivity index (χ0) is 23.2. The summed E-state index contributed by atoms with van der Waals surface area (Å²) in [5, 5.41) is 13.9. The van der Waals surface area contributed by atoms with Gasteiger partial charge >= 0.3 is 0 Å². The number of nitro benzene ring substituents is 1. The van der Waals surface area contributed by atoms with Gasteiger partial charge < -0.3 is 19.7 Å². The van der Waals surface area contributed by atoms with E-state index in [9.17, 15) is 19.3 Å². The van der Waals surface area contributed by atoms with Crippen LogP contribution >= 0.6 is 0 Å². The highest BCUT2D eigenvalue weighted by molar-refractivity contribution is 5.78. The second kappa shape index (κ2) is 9.90.